The molecule has 1 aromatic heterocycles. The number of thioether (sulfide) groups is 1. The molecule has 0 aliphatic heterocycles. The van der Waals surface area contributed by atoms with E-state index < -0.39 is 0 Å². The Morgan fingerprint density at radius 1 is 1.38 bits per heavy atom. The van der Waals surface area contributed by atoms with Crippen molar-refractivity contribution in [2.45, 2.75) is 77.1 Å². The molecular weight excluding hydrogens is 276 g/mol. The van der Waals surface area contributed by atoms with Crippen LogP contribution < -0.4 is 5.73 Å². The maximum Gasteiger partial charge on any atom is 0.0454 e. The summed E-state index contributed by atoms with van der Waals surface area (Å²) < 4.78 is 2.68. The number of nitrogens with two attached hydrogens (primary N) is 1. The molecule has 1 aromatic rings. The smallest absolute Gasteiger partial charge is 0.0454 e. The number of hydrogen-bond donors (Lipinski definition) is 1. The summed E-state index contributed by atoms with van der Waals surface area (Å²) in [6, 6.07) is 3.29. The second-order valence-corrected chi connectivity index (χ2v) is 9.22. The number of fused-ring (bicyclic) bond motifs is 1. The molecule has 3 rings (SSSR count). The number of nitrogens with zero attached hydrogens (tertiary/aromatic N) is 1. The van der Waals surface area contributed by atoms with E-state index in [0.29, 0.717) is 11.5 Å². The highest BCUT2D eigenvalue weighted by Gasteiger charge is 2.37. The van der Waals surface area contributed by atoms with E-state index in [9.17, 15) is 0 Å². The van der Waals surface area contributed by atoms with Gasteiger partial charge in [-0.05, 0) is 55.4 Å². The van der Waals surface area contributed by atoms with Crippen LogP contribution in [0.1, 0.15) is 75.5 Å². The van der Waals surface area contributed by atoms with Crippen LogP contribution >= 0.6 is 11.8 Å². The topological polar surface area (TPSA) is 30.9 Å². The maximum absolute atomic E-state index is 6.48. The van der Waals surface area contributed by atoms with E-state index in [-0.39, 0.29) is 6.04 Å². The Morgan fingerprint density at radius 3 is 2.86 bits per heavy atom. The van der Waals surface area contributed by atoms with Crippen LogP contribution in [0.4, 0.5) is 0 Å². The molecule has 0 saturated heterocycles. The monoisotopic (exact) mass is 306 g/mol. The van der Waals surface area contributed by atoms with Gasteiger partial charge in [0.1, 0.15) is 0 Å². The van der Waals surface area contributed by atoms with E-state index in [4.69, 9.17) is 5.73 Å². The quantitative estimate of drug-likeness (QED) is 0.883. The zero-order valence-corrected chi connectivity index (χ0v) is 14.8. The Morgan fingerprint density at radius 2 is 2.14 bits per heavy atom. The lowest BCUT2D eigenvalue weighted by atomic mass is 9.74. The van der Waals surface area contributed by atoms with Gasteiger partial charge in [0.05, 0.1) is 0 Å². The molecule has 2 N–H and O–H groups in total. The van der Waals surface area contributed by atoms with Gasteiger partial charge in [0.2, 0.25) is 0 Å². The van der Waals surface area contributed by atoms with Gasteiger partial charge in [-0.25, -0.2) is 0 Å². The lowest BCUT2D eigenvalue weighted by Gasteiger charge is -2.36. The van der Waals surface area contributed by atoms with Crippen molar-refractivity contribution in [2.75, 3.05) is 5.75 Å². The zero-order valence-electron chi connectivity index (χ0n) is 14.0. The minimum atomic E-state index is 0.224. The van der Waals surface area contributed by atoms with Gasteiger partial charge in [-0.15, -0.1) is 0 Å². The third-order valence-corrected chi connectivity index (χ3v) is 6.63. The highest BCUT2D eigenvalue weighted by molar-refractivity contribution is 7.99. The van der Waals surface area contributed by atoms with Gasteiger partial charge in [0.25, 0.3) is 0 Å². The number of rotatable bonds is 3. The SMILES string of the molecule is CCSC1CCCC1n1c(C)cc2c1CC(C)(C)CC2N. The van der Waals surface area contributed by atoms with Crippen molar-refractivity contribution in [3.8, 4) is 0 Å². The number of aryl methyl sites for hydroxylation is 1. The van der Waals surface area contributed by atoms with Crippen molar-refractivity contribution in [1.82, 2.24) is 4.57 Å². The first kappa shape index (κ1) is 15.5. The average molecular weight is 307 g/mol. The minimum absolute atomic E-state index is 0.224. The molecule has 0 bridgehead atoms. The summed E-state index contributed by atoms with van der Waals surface area (Å²) in [6.07, 6.45) is 6.40. The van der Waals surface area contributed by atoms with Crippen molar-refractivity contribution in [3.05, 3.63) is 23.0 Å². The van der Waals surface area contributed by atoms with Gasteiger partial charge < -0.3 is 10.3 Å². The molecule has 3 atom stereocenters. The lowest BCUT2D eigenvalue weighted by molar-refractivity contribution is 0.271. The first-order valence-corrected chi connectivity index (χ1v) is 9.55. The van der Waals surface area contributed by atoms with Gasteiger partial charge >= 0.3 is 0 Å². The van der Waals surface area contributed by atoms with Crippen LogP contribution in [-0.2, 0) is 6.42 Å². The molecule has 21 heavy (non-hydrogen) atoms. The Hall–Kier alpha value is -0.410. The van der Waals surface area contributed by atoms with Gasteiger partial charge in [0, 0.05) is 28.7 Å². The second-order valence-electron chi connectivity index (χ2n) is 7.70. The van der Waals surface area contributed by atoms with Gasteiger partial charge in [-0.2, -0.15) is 11.8 Å². The molecule has 2 aliphatic carbocycles. The van der Waals surface area contributed by atoms with Crippen LogP contribution in [0.15, 0.2) is 6.07 Å². The van der Waals surface area contributed by atoms with Crippen LogP contribution in [0.25, 0.3) is 0 Å². The molecule has 2 aliphatic rings. The van der Waals surface area contributed by atoms with E-state index in [1.165, 1.54) is 42.7 Å². The molecule has 1 fully saturated rings. The molecule has 0 spiro atoms. The lowest BCUT2D eigenvalue weighted by Crippen LogP contribution is -2.32. The van der Waals surface area contributed by atoms with Crippen molar-refractivity contribution in [2.24, 2.45) is 11.1 Å². The fourth-order valence-electron chi connectivity index (χ4n) is 4.54. The van der Waals surface area contributed by atoms with Crippen LogP contribution in [0.2, 0.25) is 0 Å². The summed E-state index contributed by atoms with van der Waals surface area (Å²) in [6.45, 7) is 9.31. The fraction of sp³-hybridized carbons (Fsp3) is 0.778. The second kappa shape index (κ2) is 5.66. The largest absolute Gasteiger partial charge is 0.344 e. The van der Waals surface area contributed by atoms with Crippen molar-refractivity contribution in [3.63, 3.8) is 0 Å². The highest BCUT2D eigenvalue weighted by atomic mass is 32.2. The predicted octanol–water partition coefficient (Wildman–Crippen LogP) is 4.62. The van der Waals surface area contributed by atoms with E-state index in [0.717, 1.165) is 11.7 Å². The fourth-order valence-corrected chi connectivity index (χ4v) is 5.78. The first-order chi connectivity index (χ1) is 9.93. The van der Waals surface area contributed by atoms with E-state index >= 15 is 0 Å². The molecule has 3 unspecified atom stereocenters. The van der Waals surface area contributed by atoms with Crippen molar-refractivity contribution >= 4 is 11.8 Å². The molecule has 3 heteroatoms. The molecule has 1 heterocycles. The zero-order chi connectivity index (χ0) is 15.2. The van der Waals surface area contributed by atoms with Crippen LogP contribution in [-0.4, -0.2) is 15.6 Å². The minimum Gasteiger partial charge on any atom is -0.344 e. The normalized spacial score (nSPS) is 31.4. The van der Waals surface area contributed by atoms with Gasteiger partial charge in [-0.3, -0.25) is 0 Å². The molecule has 1 saturated carbocycles. The Bertz CT molecular complexity index is 518. The van der Waals surface area contributed by atoms with E-state index in [1.54, 1.807) is 5.69 Å². The highest BCUT2D eigenvalue weighted by Crippen LogP contribution is 2.46. The van der Waals surface area contributed by atoms with Crippen LogP contribution in [0.3, 0.4) is 0 Å². The van der Waals surface area contributed by atoms with Crippen LogP contribution in [0.5, 0.6) is 0 Å². The van der Waals surface area contributed by atoms with Gasteiger partial charge in [0.15, 0.2) is 0 Å². The molecular formula is C18H30N2S. The molecule has 0 amide bonds. The molecule has 2 nitrogen and oxygen atoms in total. The maximum atomic E-state index is 6.48. The Kier molecular flexibility index (Phi) is 4.17. The molecule has 118 valence electrons. The van der Waals surface area contributed by atoms with Gasteiger partial charge in [-0.1, -0.05) is 27.2 Å². The van der Waals surface area contributed by atoms with Crippen molar-refractivity contribution in [1.29, 1.82) is 0 Å². The summed E-state index contributed by atoms with van der Waals surface area (Å²) in [4.78, 5) is 0. The summed E-state index contributed by atoms with van der Waals surface area (Å²) in [5.74, 6) is 1.23. The van der Waals surface area contributed by atoms with Crippen molar-refractivity contribution < 1.29 is 0 Å². The Labute approximate surface area is 133 Å². The first-order valence-electron chi connectivity index (χ1n) is 8.50. The average Bonchev–Trinajstić information content (AvgIpc) is 2.93. The Balaban J connectivity index is 2.00. The third-order valence-electron chi connectivity index (χ3n) is 5.32. The molecule has 0 aromatic carbocycles. The summed E-state index contributed by atoms with van der Waals surface area (Å²) in [5.41, 5.74) is 11.2. The standard InChI is InChI=1S/C18H30N2S/c1-5-21-17-8-6-7-15(17)20-12(2)9-13-14(19)10-18(3,4)11-16(13)20/h9,14-15,17H,5-8,10-11,19H2,1-4H3. The third kappa shape index (κ3) is 2.79. The molecule has 0 radical (unpaired) electrons. The summed E-state index contributed by atoms with van der Waals surface area (Å²) in [7, 11) is 0. The summed E-state index contributed by atoms with van der Waals surface area (Å²) in [5, 5.41) is 0.798. The predicted molar refractivity (Wildman–Crippen MR) is 93.0 cm³/mol. The van der Waals surface area contributed by atoms with Crippen LogP contribution in [0, 0.1) is 12.3 Å². The van der Waals surface area contributed by atoms with E-state index in [1.807, 2.05) is 0 Å². The number of aromatic nitrogens is 1. The van der Waals surface area contributed by atoms with E-state index in [2.05, 4.69) is 50.1 Å². The summed E-state index contributed by atoms with van der Waals surface area (Å²) >= 11 is 2.15. The number of hydrogen-bond acceptors (Lipinski definition) is 2.